The zero-order valence-electron chi connectivity index (χ0n) is 17.3. The molecule has 8 nitrogen and oxygen atoms in total. The first-order valence-electron chi connectivity index (χ1n) is 9.57. The standard InChI is InChI=1S/C21H26N2O6S/c1-15-4-6-18(12-16(15)2)29-14-21(24)22-17-5-7-19(27-3)20(13-17)30(25,26)23-8-10-28-11-9-23/h4-7,12-13H,8-11,14H2,1-3H3,(H,22,24). The lowest BCUT2D eigenvalue weighted by atomic mass is 10.1. The number of nitrogens with zero attached hydrogens (tertiary/aromatic N) is 1. The van der Waals surface area contributed by atoms with E-state index in [1.54, 1.807) is 12.1 Å². The molecule has 30 heavy (non-hydrogen) atoms. The molecule has 1 aliphatic rings. The van der Waals surface area contributed by atoms with Gasteiger partial charge < -0.3 is 19.5 Å². The molecule has 9 heteroatoms. The number of ether oxygens (including phenoxy) is 3. The Morgan fingerprint density at radius 1 is 1.10 bits per heavy atom. The summed E-state index contributed by atoms with van der Waals surface area (Å²) in [6.45, 7) is 4.99. The van der Waals surface area contributed by atoms with Gasteiger partial charge in [-0.05, 0) is 55.3 Å². The minimum absolute atomic E-state index is 0.000206. The van der Waals surface area contributed by atoms with E-state index in [0.29, 0.717) is 24.7 Å². The third kappa shape index (κ3) is 5.10. The van der Waals surface area contributed by atoms with Crippen molar-refractivity contribution in [3.05, 3.63) is 47.5 Å². The largest absolute Gasteiger partial charge is 0.495 e. The van der Waals surface area contributed by atoms with Crippen LogP contribution in [0.5, 0.6) is 11.5 Å². The summed E-state index contributed by atoms with van der Waals surface area (Å²) in [5.74, 6) is 0.414. The van der Waals surface area contributed by atoms with Gasteiger partial charge in [-0.15, -0.1) is 0 Å². The van der Waals surface area contributed by atoms with Gasteiger partial charge in [0.25, 0.3) is 5.91 Å². The number of methoxy groups -OCH3 is 1. The maximum Gasteiger partial charge on any atom is 0.262 e. The number of hydrogen-bond acceptors (Lipinski definition) is 6. The molecular weight excluding hydrogens is 408 g/mol. The molecule has 0 spiro atoms. The van der Waals surface area contributed by atoms with E-state index in [9.17, 15) is 13.2 Å². The lowest BCUT2D eigenvalue weighted by Crippen LogP contribution is -2.40. The first kappa shape index (κ1) is 22.1. The van der Waals surface area contributed by atoms with Crippen LogP contribution in [0.2, 0.25) is 0 Å². The first-order chi connectivity index (χ1) is 14.3. The van der Waals surface area contributed by atoms with Crippen molar-refractivity contribution < 1.29 is 27.4 Å². The molecule has 1 amide bonds. The molecule has 1 fully saturated rings. The van der Waals surface area contributed by atoms with Gasteiger partial charge in [0.15, 0.2) is 6.61 Å². The lowest BCUT2D eigenvalue weighted by molar-refractivity contribution is -0.118. The van der Waals surface area contributed by atoms with Crippen LogP contribution in [-0.2, 0) is 19.6 Å². The first-order valence-corrected chi connectivity index (χ1v) is 11.0. The van der Waals surface area contributed by atoms with Crippen LogP contribution in [-0.4, -0.2) is 58.7 Å². The Morgan fingerprint density at radius 2 is 1.83 bits per heavy atom. The van der Waals surface area contributed by atoms with E-state index in [-0.39, 0.29) is 30.3 Å². The highest BCUT2D eigenvalue weighted by Crippen LogP contribution is 2.30. The van der Waals surface area contributed by atoms with Gasteiger partial charge in [-0.25, -0.2) is 8.42 Å². The predicted octanol–water partition coefficient (Wildman–Crippen LogP) is 2.35. The van der Waals surface area contributed by atoms with Gasteiger partial charge >= 0.3 is 0 Å². The normalized spacial score (nSPS) is 14.9. The minimum atomic E-state index is -3.78. The van der Waals surface area contributed by atoms with E-state index < -0.39 is 15.9 Å². The van der Waals surface area contributed by atoms with Gasteiger partial charge in [0.2, 0.25) is 10.0 Å². The van der Waals surface area contributed by atoms with Gasteiger partial charge in [0, 0.05) is 18.8 Å². The Morgan fingerprint density at radius 3 is 2.50 bits per heavy atom. The van der Waals surface area contributed by atoms with Crippen LogP contribution in [0, 0.1) is 13.8 Å². The van der Waals surface area contributed by atoms with Crippen molar-refractivity contribution in [2.75, 3.05) is 45.3 Å². The van der Waals surface area contributed by atoms with Crippen LogP contribution in [0.15, 0.2) is 41.3 Å². The third-order valence-electron chi connectivity index (χ3n) is 4.88. The van der Waals surface area contributed by atoms with Crippen molar-refractivity contribution in [2.45, 2.75) is 18.7 Å². The molecule has 1 saturated heterocycles. The second-order valence-electron chi connectivity index (χ2n) is 6.97. The second-order valence-corrected chi connectivity index (χ2v) is 8.87. The smallest absolute Gasteiger partial charge is 0.262 e. The molecule has 0 bridgehead atoms. The molecule has 1 N–H and O–H groups in total. The number of carbonyl (C=O) groups is 1. The minimum Gasteiger partial charge on any atom is -0.495 e. The molecule has 0 radical (unpaired) electrons. The van der Waals surface area contributed by atoms with Crippen LogP contribution in [0.4, 0.5) is 5.69 Å². The quantitative estimate of drug-likeness (QED) is 0.719. The molecule has 1 aliphatic heterocycles. The number of amides is 1. The Bertz CT molecular complexity index is 1020. The van der Waals surface area contributed by atoms with E-state index in [4.69, 9.17) is 14.2 Å². The maximum absolute atomic E-state index is 13.0. The fraction of sp³-hybridized carbons (Fsp3) is 0.381. The monoisotopic (exact) mass is 434 g/mol. The maximum atomic E-state index is 13.0. The van der Waals surface area contributed by atoms with E-state index in [2.05, 4.69) is 5.32 Å². The van der Waals surface area contributed by atoms with Crippen molar-refractivity contribution in [2.24, 2.45) is 0 Å². The summed E-state index contributed by atoms with van der Waals surface area (Å²) in [5.41, 5.74) is 2.55. The van der Waals surface area contributed by atoms with E-state index in [0.717, 1.165) is 11.1 Å². The number of anilines is 1. The number of aryl methyl sites for hydroxylation is 2. The molecule has 0 atom stereocenters. The fourth-order valence-electron chi connectivity index (χ4n) is 3.03. The van der Waals surface area contributed by atoms with Crippen LogP contribution < -0.4 is 14.8 Å². The molecule has 0 saturated carbocycles. The zero-order valence-corrected chi connectivity index (χ0v) is 18.1. The van der Waals surface area contributed by atoms with Gasteiger partial charge in [-0.2, -0.15) is 4.31 Å². The van der Waals surface area contributed by atoms with Crippen LogP contribution >= 0.6 is 0 Å². The molecular formula is C21H26N2O6S. The van der Waals surface area contributed by atoms with Crippen LogP contribution in [0.25, 0.3) is 0 Å². The van der Waals surface area contributed by atoms with Gasteiger partial charge in [0.1, 0.15) is 16.4 Å². The predicted molar refractivity (Wildman–Crippen MR) is 113 cm³/mol. The molecule has 2 aromatic carbocycles. The van der Waals surface area contributed by atoms with E-state index in [1.807, 2.05) is 26.0 Å². The van der Waals surface area contributed by atoms with Crippen molar-refractivity contribution in [3.8, 4) is 11.5 Å². The Balaban J connectivity index is 1.72. The summed E-state index contributed by atoms with van der Waals surface area (Å²) >= 11 is 0. The molecule has 2 aromatic rings. The van der Waals surface area contributed by atoms with Crippen molar-refractivity contribution in [1.29, 1.82) is 0 Å². The average molecular weight is 435 g/mol. The molecule has 3 rings (SSSR count). The summed E-state index contributed by atoms with van der Waals surface area (Å²) in [4.78, 5) is 12.3. The molecule has 0 unspecified atom stereocenters. The van der Waals surface area contributed by atoms with Crippen molar-refractivity contribution in [3.63, 3.8) is 0 Å². The summed E-state index contributed by atoms with van der Waals surface area (Å²) < 4.78 is 43.4. The van der Waals surface area contributed by atoms with Gasteiger partial charge in [-0.1, -0.05) is 6.07 Å². The second kappa shape index (κ2) is 9.46. The number of benzene rings is 2. The highest BCUT2D eigenvalue weighted by molar-refractivity contribution is 7.89. The lowest BCUT2D eigenvalue weighted by Gasteiger charge is -2.26. The Hall–Kier alpha value is -2.62. The highest BCUT2D eigenvalue weighted by Gasteiger charge is 2.29. The number of sulfonamides is 1. The fourth-order valence-corrected chi connectivity index (χ4v) is 4.62. The van der Waals surface area contributed by atoms with Crippen LogP contribution in [0.3, 0.4) is 0 Å². The highest BCUT2D eigenvalue weighted by atomic mass is 32.2. The zero-order chi connectivity index (χ0) is 21.7. The number of nitrogens with one attached hydrogen (secondary N) is 1. The van der Waals surface area contributed by atoms with Crippen molar-refractivity contribution in [1.82, 2.24) is 4.31 Å². The SMILES string of the molecule is COc1ccc(NC(=O)COc2ccc(C)c(C)c2)cc1S(=O)(=O)N1CCOCC1. The molecule has 162 valence electrons. The van der Waals surface area contributed by atoms with E-state index in [1.165, 1.54) is 23.5 Å². The number of rotatable bonds is 7. The van der Waals surface area contributed by atoms with Crippen LogP contribution in [0.1, 0.15) is 11.1 Å². The number of morpholine rings is 1. The summed E-state index contributed by atoms with van der Waals surface area (Å²) in [5, 5.41) is 2.68. The molecule has 1 heterocycles. The average Bonchev–Trinajstić information content (AvgIpc) is 2.75. The Kier molecular flexibility index (Phi) is 6.96. The van der Waals surface area contributed by atoms with E-state index >= 15 is 0 Å². The Labute approximate surface area is 176 Å². The molecule has 0 aromatic heterocycles. The summed E-state index contributed by atoms with van der Waals surface area (Å²) in [6.07, 6.45) is 0. The summed E-state index contributed by atoms with van der Waals surface area (Å²) in [7, 11) is -2.38. The number of hydrogen-bond donors (Lipinski definition) is 1. The molecule has 0 aliphatic carbocycles. The number of carbonyl (C=O) groups excluding carboxylic acids is 1. The van der Waals surface area contributed by atoms with Gasteiger partial charge in [-0.3, -0.25) is 4.79 Å². The topological polar surface area (TPSA) is 94.2 Å². The van der Waals surface area contributed by atoms with Gasteiger partial charge in [0.05, 0.1) is 20.3 Å². The summed E-state index contributed by atoms with van der Waals surface area (Å²) in [6, 6.07) is 10.1. The third-order valence-corrected chi connectivity index (χ3v) is 6.80. The van der Waals surface area contributed by atoms with Crippen molar-refractivity contribution >= 4 is 21.6 Å².